The molecule has 2 N–H and O–H groups in total. The minimum absolute atomic E-state index is 0.00768. The molecule has 0 saturated carbocycles. The first-order valence-corrected chi connectivity index (χ1v) is 9.16. The second kappa shape index (κ2) is 7.32. The molecule has 138 valence electrons. The molecule has 1 amide bonds. The van der Waals surface area contributed by atoms with Crippen LogP contribution in [0.3, 0.4) is 0 Å². The van der Waals surface area contributed by atoms with Crippen molar-refractivity contribution in [1.82, 2.24) is 25.1 Å². The van der Waals surface area contributed by atoms with Crippen LogP contribution < -0.4 is 5.32 Å². The Balaban J connectivity index is 1.79. The lowest BCUT2D eigenvalue weighted by atomic mass is 10.0. The lowest BCUT2D eigenvalue weighted by Gasteiger charge is -2.14. The van der Waals surface area contributed by atoms with Gasteiger partial charge >= 0.3 is 0 Å². The maximum Gasteiger partial charge on any atom is 0.225 e. The van der Waals surface area contributed by atoms with E-state index in [2.05, 4.69) is 53.4 Å². The minimum atomic E-state index is -0.175. The number of hydrogen-bond acceptors (Lipinski definition) is 3. The van der Waals surface area contributed by atoms with Gasteiger partial charge in [0.25, 0.3) is 0 Å². The van der Waals surface area contributed by atoms with E-state index in [9.17, 15) is 4.79 Å². The van der Waals surface area contributed by atoms with E-state index in [1.54, 1.807) is 6.33 Å². The summed E-state index contributed by atoms with van der Waals surface area (Å²) in [5.74, 6) is 0.786. The molecule has 0 fully saturated rings. The van der Waals surface area contributed by atoms with E-state index in [0.717, 1.165) is 41.0 Å². The third kappa shape index (κ3) is 3.49. The number of nitrogens with one attached hydrogen (secondary N) is 2. The molecule has 0 radical (unpaired) electrons. The highest BCUT2D eigenvalue weighted by molar-refractivity contribution is 5.92. The molecule has 3 rings (SSSR count). The van der Waals surface area contributed by atoms with Gasteiger partial charge in [0.2, 0.25) is 5.91 Å². The van der Waals surface area contributed by atoms with E-state index in [1.807, 2.05) is 18.4 Å². The van der Waals surface area contributed by atoms with Crippen molar-refractivity contribution >= 4 is 16.8 Å². The van der Waals surface area contributed by atoms with E-state index in [4.69, 9.17) is 0 Å². The molecule has 2 heterocycles. The fourth-order valence-corrected chi connectivity index (χ4v) is 3.59. The van der Waals surface area contributed by atoms with Crippen LogP contribution in [0.1, 0.15) is 54.5 Å². The molecule has 0 aliphatic carbocycles. The van der Waals surface area contributed by atoms with Gasteiger partial charge in [0.05, 0.1) is 12.5 Å². The van der Waals surface area contributed by atoms with Crippen LogP contribution >= 0.6 is 0 Å². The fourth-order valence-electron chi connectivity index (χ4n) is 3.59. The van der Waals surface area contributed by atoms with E-state index < -0.39 is 0 Å². The van der Waals surface area contributed by atoms with Crippen LogP contribution in [-0.2, 0) is 17.8 Å². The number of benzene rings is 1. The third-order valence-corrected chi connectivity index (χ3v) is 4.78. The summed E-state index contributed by atoms with van der Waals surface area (Å²) in [5, 5.41) is 12.3. The Labute approximate surface area is 154 Å². The van der Waals surface area contributed by atoms with Crippen molar-refractivity contribution in [2.75, 3.05) is 0 Å². The van der Waals surface area contributed by atoms with Crippen LogP contribution in [-0.4, -0.2) is 25.7 Å². The predicted octanol–water partition coefficient (Wildman–Crippen LogP) is 3.51. The highest BCUT2D eigenvalue weighted by Gasteiger charge is 2.18. The summed E-state index contributed by atoms with van der Waals surface area (Å²) >= 11 is 0. The van der Waals surface area contributed by atoms with Gasteiger partial charge in [0.15, 0.2) is 5.82 Å². The van der Waals surface area contributed by atoms with Crippen LogP contribution in [0.4, 0.5) is 0 Å². The van der Waals surface area contributed by atoms with Gasteiger partial charge in [-0.3, -0.25) is 4.79 Å². The molecule has 0 aliphatic rings. The van der Waals surface area contributed by atoms with Gasteiger partial charge in [-0.05, 0) is 51.3 Å². The van der Waals surface area contributed by atoms with Crippen molar-refractivity contribution in [1.29, 1.82) is 0 Å². The molecular formula is C20H27N5O. The maximum absolute atomic E-state index is 12.7. The topological polar surface area (TPSA) is 75.6 Å². The molecule has 0 saturated heterocycles. The number of carbonyl (C=O) groups is 1. The first-order chi connectivity index (χ1) is 12.4. The number of aryl methyl sites for hydroxylation is 4. The maximum atomic E-state index is 12.7. The van der Waals surface area contributed by atoms with Crippen molar-refractivity contribution < 1.29 is 4.79 Å². The number of amides is 1. The summed E-state index contributed by atoms with van der Waals surface area (Å²) in [7, 11) is 0. The number of aromatic nitrogens is 4. The van der Waals surface area contributed by atoms with Crippen LogP contribution in [0.25, 0.3) is 10.9 Å². The first-order valence-electron chi connectivity index (χ1n) is 9.16. The second-order valence-corrected chi connectivity index (χ2v) is 7.08. The Morgan fingerprint density at radius 1 is 1.31 bits per heavy atom. The normalized spacial score (nSPS) is 12.5. The molecule has 1 aromatic carbocycles. The van der Waals surface area contributed by atoms with Crippen molar-refractivity contribution in [3.63, 3.8) is 0 Å². The average Bonchev–Trinajstić information content (AvgIpc) is 3.14. The molecule has 0 spiro atoms. The van der Waals surface area contributed by atoms with Gasteiger partial charge in [0.1, 0.15) is 6.33 Å². The molecular weight excluding hydrogens is 326 g/mol. The van der Waals surface area contributed by atoms with E-state index in [0.29, 0.717) is 6.42 Å². The molecule has 0 bridgehead atoms. The zero-order chi connectivity index (χ0) is 18.8. The molecule has 6 nitrogen and oxygen atoms in total. The van der Waals surface area contributed by atoms with Crippen LogP contribution in [0, 0.1) is 20.8 Å². The van der Waals surface area contributed by atoms with Crippen molar-refractivity contribution in [2.24, 2.45) is 0 Å². The standard InChI is InChI=1S/C20H27N5O/c1-6-7-25-11-21-24-20(25)15(5)22-18(26)10-16-14(4)23-19-13(3)8-12(2)9-17(16)19/h8-9,11,15,23H,6-7,10H2,1-5H3,(H,22,26)/t15-/m1/s1. The van der Waals surface area contributed by atoms with Gasteiger partial charge in [0, 0.05) is 23.1 Å². The van der Waals surface area contributed by atoms with Crippen molar-refractivity contribution in [3.05, 3.63) is 46.7 Å². The van der Waals surface area contributed by atoms with Crippen LogP contribution in [0.15, 0.2) is 18.5 Å². The van der Waals surface area contributed by atoms with Gasteiger partial charge < -0.3 is 14.9 Å². The summed E-state index contributed by atoms with van der Waals surface area (Å²) in [6.45, 7) is 11.1. The Morgan fingerprint density at radius 3 is 2.81 bits per heavy atom. The monoisotopic (exact) mass is 353 g/mol. The van der Waals surface area contributed by atoms with Gasteiger partial charge in [-0.25, -0.2) is 0 Å². The summed E-state index contributed by atoms with van der Waals surface area (Å²) in [5.41, 5.74) is 5.64. The highest BCUT2D eigenvalue weighted by Crippen LogP contribution is 2.27. The van der Waals surface area contributed by atoms with Gasteiger partial charge in [-0.1, -0.05) is 18.6 Å². The van der Waals surface area contributed by atoms with Gasteiger partial charge in [-0.15, -0.1) is 10.2 Å². The number of rotatable bonds is 6. The summed E-state index contributed by atoms with van der Waals surface area (Å²) in [4.78, 5) is 16.1. The van der Waals surface area contributed by atoms with Crippen molar-refractivity contribution in [3.8, 4) is 0 Å². The Bertz CT molecular complexity index is 937. The molecule has 6 heteroatoms. The Morgan fingerprint density at radius 2 is 2.08 bits per heavy atom. The third-order valence-electron chi connectivity index (χ3n) is 4.78. The van der Waals surface area contributed by atoms with Crippen LogP contribution in [0.2, 0.25) is 0 Å². The molecule has 3 aromatic rings. The van der Waals surface area contributed by atoms with E-state index >= 15 is 0 Å². The summed E-state index contributed by atoms with van der Waals surface area (Å²) in [6.07, 6.45) is 3.07. The summed E-state index contributed by atoms with van der Waals surface area (Å²) < 4.78 is 1.99. The zero-order valence-electron chi connectivity index (χ0n) is 16.2. The number of nitrogens with zero attached hydrogens (tertiary/aromatic N) is 3. The highest BCUT2D eigenvalue weighted by atomic mass is 16.1. The first kappa shape index (κ1) is 18.2. The quantitative estimate of drug-likeness (QED) is 0.712. The smallest absolute Gasteiger partial charge is 0.225 e. The minimum Gasteiger partial charge on any atom is -0.358 e. The number of carbonyl (C=O) groups excluding carboxylic acids is 1. The van der Waals surface area contributed by atoms with E-state index in [-0.39, 0.29) is 11.9 Å². The molecule has 0 unspecified atom stereocenters. The Hall–Kier alpha value is -2.63. The van der Waals surface area contributed by atoms with E-state index in [1.165, 1.54) is 11.1 Å². The molecule has 2 aromatic heterocycles. The number of H-pyrrole nitrogens is 1. The lowest BCUT2D eigenvalue weighted by Crippen LogP contribution is -2.30. The number of fused-ring (bicyclic) bond motifs is 1. The summed E-state index contributed by atoms with van der Waals surface area (Å²) in [6, 6.07) is 4.13. The largest absolute Gasteiger partial charge is 0.358 e. The van der Waals surface area contributed by atoms with Crippen molar-refractivity contribution in [2.45, 2.75) is 60.0 Å². The average molecular weight is 353 g/mol. The number of hydrogen-bond donors (Lipinski definition) is 2. The zero-order valence-corrected chi connectivity index (χ0v) is 16.2. The predicted molar refractivity (Wildman–Crippen MR) is 103 cm³/mol. The van der Waals surface area contributed by atoms with Crippen LogP contribution in [0.5, 0.6) is 0 Å². The lowest BCUT2D eigenvalue weighted by molar-refractivity contribution is -0.121. The molecule has 26 heavy (non-hydrogen) atoms. The molecule has 0 aliphatic heterocycles. The Kier molecular flexibility index (Phi) is 5.11. The number of aromatic amines is 1. The van der Waals surface area contributed by atoms with Gasteiger partial charge in [-0.2, -0.15) is 0 Å². The molecule has 1 atom stereocenters. The fraction of sp³-hybridized carbons (Fsp3) is 0.450. The second-order valence-electron chi connectivity index (χ2n) is 7.08. The SMILES string of the molecule is CCCn1cnnc1[C@@H](C)NC(=O)Cc1c(C)[nH]c2c(C)cc(C)cc12.